The summed E-state index contributed by atoms with van der Waals surface area (Å²) in [5.74, 6) is -0.394. The first-order chi connectivity index (χ1) is 10.0. The smallest absolute Gasteiger partial charge is 0.346 e. The van der Waals surface area contributed by atoms with Crippen molar-refractivity contribution in [2.45, 2.75) is 12.3 Å². The molecule has 0 aliphatic carbocycles. The van der Waals surface area contributed by atoms with Crippen LogP contribution in [0.3, 0.4) is 0 Å². The van der Waals surface area contributed by atoms with Gasteiger partial charge in [0.2, 0.25) is 0 Å². The summed E-state index contributed by atoms with van der Waals surface area (Å²) in [6.45, 7) is 0.378. The maximum Gasteiger partial charge on any atom is 0.346 e. The Labute approximate surface area is 123 Å². The van der Waals surface area contributed by atoms with E-state index in [2.05, 4.69) is 5.32 Å². The summed E-state index contributed by atoms with van der Waals surface area (Å²) in [5, 5.41) is 2.93. The Morgan fingerprint density at radius 1 is 1.10 bits per heavy atom. The highest BCUT2D eigenvalue weighted by molar-refractivity contribution is 7.52. The number of hydrogen-bond donors (Lipinski definition) is 3. The summed E-state index contributed by atoms with van der Waals surface area (Å²) in [6, 6.07) is 16.1. The van der Waals surface area contributed by atoms with Crippen LogP contribution in [0, 0.1) is 0 Å². The molecule has 112 valence electrons. The van der Waals surface area contributed by atoms with Gasteiger partial charge in [0.05, 0.1) is 7.11 Å². The molecule has 2 aromatic carbocycles. The fourth-order valence-electron chi connectivity index (χ4n) is 2.03. The average Bonchev–Trinajstić information content (AvgIpc) is 2.48. The molecule has 0 bridgehead atoms. The molecule has 1 unspecified atom stereocenters. The van der Waals surface area contributed by atoms with Gasteiger partial charge in [-0.2, -0.15) is 0 Å². The van der Waals surface area contributed by atoms with Gasteiger partial charge in [-0.3, -0.25) is 9.88 Å². The molecule has 0 saturated carbocycles. The zero-order chi connectivity index (χ0) is 15.3. The predicted octanol–water partition coefficient (Wildman–Crippen LogP) is 2.66. The van der Waals surface area contributed by atoms with Gasteiger partial charge in [0, 0.05) is 6.54 Å². The van der Waals surface area contributed by atoms with Crippen molar-refractivity contribution in [3.63, 3.8) is 0 Å². The normalized spacial score (nSPS) is 12.9. The molecule has 0 spiro atoms. The van der Waals surface area contributed by atoms with Crippen molar-refractivity contribution in [2.75, 3.05) is 7.11 Å². The second-order valence-electron chi connectivity index (χ2n) is 4.63. The lowest BCUT2D eigenvalue weighted by Crippen LogP contribution is -2.21. The Morgan fingerprint density at radius 3 is 2.24 bits per heavy atom. The number of methoxy groups -OCH3 is 1. The topological polar surface area (TPSA) is 78.8 Å². The number of ether oxygens (including phenoxy) is 1. The van der Waals surface area contributed by atoms with E-state index >= 15 is 0 Å². The molecular formula is C15H18NO4P. The quantitative estimate of drug-likeness (QED) is 0.715. The zero-order valence-electron chi connectivity index (χ0n) is 11.6. The van der Waals surface area contributed by atoms with E-state index in [1.54, 1.807) is 31.4 Å². The van der Waals surface area contributed by atoms with Gasteiger partial charge in [-0.1, -0.05) is 42.5 Å². The molecule has 0 aliphatic rings. The van der Waals surface area contributed by atoms with Crippen molar-refractivity contribution in [1.82, 2.24) is 5.32 Å². The summed E-state index contributed by atoms with van der Waals surface area (Å²) >= 11 is 0. The Bertz CT molecular complexity index is 609. The van der Waals surface area contributed by atoms with Crippen LogP contribution >= 0.6 is 7.60 Å². The molecule has 0 aromatic heterocycles. The van der Waals surface area contributed by atoms with E-state index in [4.69, 9.17) is 4.74 Å². The minimum atomic E-state index is -4.31. The second-order valence-corrected chi connectivity index (χ2v) is 6.33. The number of benzene rings is 2. The fraction of sp³-hybridized carbons (Fsp3) is 0.200. The van der Waals surface area contributed by atoms with Gasteiger partial charge in [-0.05, 0) is 23.3 Å². The average molecular weight is 307 g/mol. The lowest BCUT2D eigenvalue weighted by Gasteiger charge is -2.20. The monoisotopic (exact) mass is 307 g/mol. The maximum atomic E-state index is 11.7. The molecule has 0 saturated heterocycles. The minimum absolute atomic E-state index is 0.378. The van der Waals surface area contributed by atoms with Crippen LogP contribution in [0.15, 0.2) is 54.6 Å². The summed E-state index contributed by atoms with van der Waals surface area (Å²) in [4.78, 5) is 19.1. The van der Waals surface area contributed by atoms with Gasteiger partial charge in [0.1, 0.15) is 11.5 Å². The van der Waals surface area contributed by atoms with Crippen LogP contribution in [0.5, 0.6) is 5.75 Å². The van der Waals surface area contributed by atoms with Gasteiger partial charge >= 0.3 is 7.60 Å². The van der Waals surface area contributed by atoms with Crippen LogP contribution in [-0.2, 0) is 11.1 Å². The third-order valence-electron chi connectivity index (χ3n) is 3.11. The largest absolute Gasteiger partial charge is 0.497 e. The van der Waals surface area contributed by atoms with Crippen LogP contribution in [0.2, 0.25) is 0 Å². The lowest BCUT2D eigenvalue weighted by molar-refractivity contribution is 0.347. The van der Waals surface area contributed by atoms with Gasteiger partial charge in [-0.15, -0.1) is 0 Å². The molecule has 2 rings (SSSR count). The van der Waals surface area contributed by atoms with Gasteiger partial charge < -0.3 is 14.5 Å². The molecule has 0 heterocycles. The Balaban J connectivity index is 2.16. The van der Waals surface area contributed by atoms with Crippen molar-refractivity contribution < 1.29 is 19.1 Å². The van der Waals surface area contributed by atoms with Crippen molar-refractivity contribution >= 4 is 7.60 Å². The van der Waals surface area contributed by atoms with E-state index in [-0.39, 0.29) is 0 Å². The summed E-state index contributed by atoms with van der Waals surface area (Å²) in [7, 11) is -2.77. The highest BCUT2D eigenvalue weighted by Gasteiger charge is 2.29. The molecule has 0 fully saturated rings. The van der Waals surface area contributed by atoms with Crippen molar-refractivity contribution in [1.29, 1.82) is 0 Å². The van der Waals surface area contributed by atoms with Crippen LogP contribution in [0.4, 0.5) is 0 Å². The van der Waals surface area contributed by atoms with E-state index in [0.29, 0.717) is 17.9 Å². The molecular weight excluding hydrogens is 289 g/mol. The Morgan fingerprint density at radius 2 is 1.71 bits per heavy atom. The van der Waals surface area contributed by atoms with Crippen LogP contribution in [0.1, 0.15) is 16.9 Å². The van der Waals surface area contributed by atoms with Crippen LogP contribution in [-0.4, -0.2) is 16.9 Å². The Hall–Kier alpha value is -1.65. The highest BCUT2D eigenvalue weighted by atomic mass is 31.2. The molecule has 21 heavy (non-hydrogen) atoms. The zero-order valence-corrected chi connectivity index (χ0v) is 12.5. The Kier molecular flexibility index (Phi) is 5.15. The third kappa shape index (κ3) is 4.41. The van der Waals surface area contributed by atoms with E-state index in [1.165, 1.54) is 0 Å². The predicted molar refractivity (Wildman–Crippen MR) is 81.1 cm³/mol. The first-order valence-corrected chi connectivity index (χ1v) is 8.15. The first kappa shape index (κ1) is 15.7. The van der Waals surface area contributed by atoms with Gasteiger partial charge in [0.15, 0.2) is 0 Å². The van der Waals surface area contributed by atoms with Crippen LogP contribution < -0.4 is 10.1 Å². The van der Waals surface area contributed by atoms with Gasteiger partial charge in [0.25, 0.3) is 0 Å². The lowest BCUT2D eigenvalue weighted by atomic mass is 10.2. The van der Waals surface area contributed by atoms with Gasteiger partial charge in [-0.25, -0.2) is 0 Å². The summed E-state index contributed by atoms with van der Waals surface area (Å²) in [5.41, 5.74) is 1.49. The van der Waals surface area contributed by atoms with Crippen molar-refractivity contribution in [3.8, 4) is 5.75 Å². The number of nitrogens with one attached hydrogen (secondary N) is 1. The molecule has 5 nitrogen and oxygen atoms in total. The molecule has 2 aromatic rings. The first-order valence-electron chi connectivity index (χ1n) is 6.47. The minimum Gasteiger partial charge on any atom is -0.497 e. The standard InChI is InChI=1S/C15H18NO4P/c1-20-14-9-7-13(8-10-14)15(21(17,18)19)16-11-12-5-3-2-4-6-12/h2-10,15-16H,11H2,1H3,(H2,17,18,19). The second kappa shape index (κ2) is 6.87. The molecule has 0 amide bonds. The SMILES string of the molecule is COc1ccc(C(NCc2ccccc2)P(=O)(O)O)cc1. The molecule has 1 atom stereocenters. The number of hydrogen-bond acceptors (Lipinski definition) is 3. The fourth-order valence-corrected chi connectivity index (χ4v) is 2.92. The summed E-state index contributed by atoms with van der Waals surface area (Å²) < 4.78 is 16.8. The summed E-state index contributed by atoms with van der Waals surface area (Å²) in [6.07, 6.45) is 0. The van der Waals surface area contributed by atoms with E-state index in [0.717, 1.165) is 5.56 Å². The molecule has 3 N–H and O–H groups in total. The molecule has 6 heteroatoms. The van der Waals surface area contributed by atoms with Crippen molar-refractivity contribution in [2.24, 2.45) is 0 Å². The van der Waals surface area contributed by atoms with E-state index in [1.807, 2.05) is 30.3 Å². The van der Waals surface area contributed by atoms with E-state index < -0.39 is 13.4 Å². The third-order valence-corrected chi connectivity index (χ3v) is 4.26. The highest BCUT2D eigenvalue weighted by Crippen LogP contribution is 2.50. The van der Waals surface area contributed by atoms with Crippen LogP contribution in [0.25, 0.3) is 0 Å². The number of rotatable bonds is 6. The molecule has 0 aliphatic heterocycles. The van der Waals surface area contributed by atoms with Crippen molar-refractivity contribution in [3.05, 3.63) is 65.7 Å². The van der Waals surface area contributed by atoms with E-state index in [9.17, 15) is 14.4 Å². The maximum absolute atomic E-state index is 11.7. The molecule has 0 radical (unpaired) electrons.